The Morgan fingerprint density at radius 1 is 1.46 bits per heavy atom. The van der Waals surface area contributed by atoms with Crippen LogP contribution in [0.1, 0.15) is 5.56 Å². The van der Waals surface area contributed by atoms with Crippen LogP contribution >= 0.6 is 27.5 Å². The van der Waals surface area contributed by atoms with Gasteiger partial charge in [-0.1, -0.05) is 45.7 Å². The van der Waals surface area contributed by atoms with Crippen LogP contribution in [0.3, 0.4) is 0 Å². The molecule has 3 heteroatoms. The minimum Gasteiger partial charge on any atom is -0.292 e. The molecule has 1 unspecified atom stereocenters. The minimum atomic E-state index is 0.719. The Kier molecular flexibility index (Phi) is 2.92. The van der Waals surface area contributed by atoms with Gasteiger partial charge in [0.1, 0.15) is 0 Å². The maximum atomic E-state index is 6.05. The predicted molar refractivity (Wildman–Crippen MR) is 59.4 cm³/mol. The van der Waals surface area contributed by atoms with Crippen molar-refractivity contribution in [2.24, 2.45) is 0 Å². The van der Waals surface area contributed by atoms with Gasteiger partial charge in [0, 0.05) is 29.5 Å². The van der Waals surface area contributed by atoms with Crippen molar-refractivity contribution in [2.75, 3.05) is 11.9 Å². The number of halogens is 2. The maximum absolute atomic E-state index is 6.05. The smallest absolute Gasteiger partial charge is 0.0451 e. The molecule has 1 saturated heterocycles. The van der Waals surface area contributed by atoms with Gasteiger partial charge in [0.25, 0.3) is 0 Å². The molecule has 0 amide bonds. The number of hydrogen-bond donors (Lipinski definition) is 0. The second-order valence-electron chi connectivity index (χ2n) is 3.33. The normalized spacial score (nSPS) is 26.0. The first-order valence-electron chi connectivity index (χ1n) is 4.34. The molecule has 0 aromatic heterocycles. The first-order chi connectivity index (χ1) is 6.31. The lowest BCUT2D eigenvalue weighted by Gasteiger charge is -2.04. The third kappa shape index (κ3) is 2.25. The molecule has 0 radical (unpaired) electrons. The van der Waals surface area contributed by atoms with Crippen LogP contribution < -0.4 is 0 Å². The second kappa shape index (κ2) is 3.99. The Labute approximate surface area is 91.8 Å². The van der Waals surface area contributed by atoms with Crippen LogP contribution in [-0.2, 0) is 6.54 Å². The average Bonchev–Trinajstić information content (AvgIpc) is 2.88. The topological polar surface area (TPSA) is 3.01 Å². The van der Waals surface area contributed by atoms with Gasteiger partial charge in [-0.3, -0.25) is 4.90 Å². The summed E-state index contributed by atoms with van der Waals surface area (Å²) < 4.78 is 0. The fourth-order valence-corrected chi connectivity index (χ4v) is 2.22. The van der Waals surface area contributed by atoms with Crippen molar-refractivity contribution >= 4 is 27.5 Å². The monoisotopic (exact) mass is 259 g/mol. The summed E-state index contributed by atoms with van der Waals surface area (Å²) in [5.74, 6) is 0. The maximum Gasteiger partial charge on any atom is 0.0451 e. The van der Waals surface area contributed by atoms with Gasteiger partial charge in [0.2, 0.25) is 0 Å². The van der Waals surface area contributed by atoms with E-state index >= 15 is 0 Å². The van der Waals surface area contributed by atoms with Crippen molar-refractivity contribution in [3.05, 3.63) is 34.9 Å². The largest absolute Gasteiger partial charge is 0.292 e. The molecule has 2 rings (SSSR count). The van der Waals surface area contributed by atoms with E-state index in [9.17, 15) is 0 Å². The molecule has 0 spiro atoms. The molecular formula is C10H11BrClN. The van der Waals surface area contributed by atoms with Crippen LogP contribution in [0.25, 0.3) is 0 Å². The Bertz CT molecular complexity index is 303. The Hall–Kier alpha value is -0.0500. The van der Waals surface area contributed by atoms with Crippen LogP contribution in [0.4, 0.5) is 0 Å². The molecule has 2 atom stereocenters. The highest BCUT2D eigenvalue weighted by Gasteiger charge is 2.32. The van der Waals surface area contributed by atoms with Gasteiger partial charge in [-0.15, -0.1) is 0 Å². The van der Waals surface area contributed by atoms with Gasteiger partial charge in [-0.25, -0.2) is 0 Å². The van der Waals surface area contributed by atoms with Crippen LogP contribution in [0, 0.1) is 0 Å². The van der Waals surface area contributed by atoms with E-state index in [1.807, 2.05) is 18.2 Å². The highest BCUT2D eigenvalue weighted by atomic mass is 79.9. The molecule has 1 fully saturated rings. The number of rotatable bonds is 3. The van der Waals surface area contributed by atoms with Gasteiger partial charge in [-0.2, -0.15) is 0 Å². The quantitative estimate of drug-likeness (QED) is 0.596. The summed E-state index contributed by atoms with van der Waals surface area (Å²) in [5.41, 5.74) is 1.23. The number of hydrogen-bond acceptors (Lipinski definition) is 1. The molecule has 1 aromatic carbocycles. The zero-order valence-electron chi connectivity index (χ0n) is 7.21. The van der Waals surface area contributed by atoms with E-state index in [0.29, 0.717) is 0 Å². The van der Waals surface area contributed by atoms with Gasteiger partial charge in [0.15, 0.2) is 0 Å². The van der Waals surface area contributed by atoms with Crippen LogP contribution in [0.15, 0.2) is 24.3 Å². The third-order valence-corrected chi connectivity index (χ3v) is 3.45. The number of nitrogens with zero attached hydrogens (tertiary/aromatic N) is 1. The molecule has 0 bridgehead atoms. The van der Waals surface area contributed by atoms with Gasteiger partial charge in [0.05, 0.1) is 0 Å². The van der Waals surface area contributed by atoms with E-state index in [2.05, 4.69) is 26.9 Å². The highest BCUT2D eigenvalue weighted by Crippen LogP contribution is 2.25. The zero-order valence-corrected chi connectivity index (χ0v) is 9.55. The van der Waals surface area contributed by atoms with E-state index in [-0.39, 0.29) is 0 Å². The molecule has 0 N–H and O–H groups in total. The van der Waals surface area contributed by atoms with E-state index < -0.39 is 0 Å². The van der Waals surface area contributed by atoms with Gasteiger partial charge in [-0.05, 0) is 11.6 Å². The first kappa shape index (κ1) is 9.50. The Morgan fingerprint density at radius 3 is 2.85 bits per heavy atom. The second-order valence-corrected chi connectivity index (χ2v) is 4.38. The Morgan fingerprint density at radius 2 is 2.23 bits per heavy atom. The molecule has 1 aliphatic heterocycles. The van der Waals surface area contributed by atoms with Crippen molar-refractivity contribution in [1.29, 1.82) is 0 Å². The van der Waals surface area contributed by atoms with Gasteiger partial charge >= 0.3 is 0 Å². The Balaban J connectivity index is 1.99. The summed E-state index contributed by atoms with van der Waals surface area (Å²) in [7, 11) is 0. The fourth-order valence-electron chi connectivity index (χ4n) is 1.41. The molecule has 13 heavy (non-hydrogen) atoms. The van der Waals surface area contributed by atoms with Crippen molar-refractivity contribution in [3.8, 4) is 0 Å². The summed E-state index contributed by atoms with van der Waals surface area (Å²) in [5, 5.41) is 1.94. The lowest BCUT2D eigenvalue weighted by Crippen LogP contribution is -2.03. The van der Waals surface area contributed by atoms with E-state index in [1.165, 1.54) is 12.1 Å². The predicted octanol–water partition coefficient (Wildman–Crippen LogP) is 2.92. The molecular weight excluding hydrogens is 249 g/mol. The van der Waals surface area contributed by atoms with Crippen molar-refractivity contribution in [2.45, 2.75) is 12.6 Å². The van der Waals surface area contributed by atoms with Crippen molar-refractivity contribution < 1.29 is 0 Å². The van der Waals surface area contributed by atoms with E-state index in [0.717, 1.165) is 22.9 Å². The molecule has 1 aliphatic rings. The summed E-state index contributed by atoms with van der Waals surface area (Å²) in [6.07, 6.45) is 0. The van der Waals surface area contributed by atoms with Crippen LogP contribution in [-0.4, -0.2) is 22.8 Å². The minimum absolute atomic E-state index is 0.719. The number of alkyl halides is 1. The van der Waals surface area contributed by atoms with Crippen LogP contribution in [0.5, 0.6) is 0 Å². The molecule has 1 heterocycles. The molecule has 1 aromatic rings. The summed E-state index contributed by atoms with van der Waals surface area (Å²) in [6.45, 7) is 2.17. The van der Waals surface area contributed by atoms with Crippen molar-refractivity contribution in [1.82, 2.24) is 4.90 Å². The summed E-state index contributed by atoms with van der Waals surface area (Å²) in [4.78, 5) is 2.40. The molecule has 1 nitrogen and oxygen atoms in total. The molecule has 0 aliphatic carbocycles. The molecule has 70 valence electrons. The third-order valence-electron chi connectivity index (χ3n) is 2.34. The van der Waals surface area contributed by atoms with E-state index in [1.54, 1.807) is 0 Å². The summed E-state index contributed by atoms with van der Waals surface area (Å²) >= 11 is 9.52. The average molecular weight is 261 g/mol. The SMILES string of the molecule is Clc1ccccc1CN1C[C@@H]1CBr. The van der Waals surface area contributed by atoms with E-state index in [4.69, 9.17) is 11.6 Å². The van der Waals surface area contributed by atoms with Crippen LogP contribution in [0.2, 0.25) is 5.02 Å². The molecule has 0 saturated carbocycles. The summed E-state index contributed by atoms with van der Waals surface area (Å²) in [6, 6.07) is 8.76. The highest BCUT2D eigenvalue weighted by molar-refractivity contribution is 9.09. The zero-order chi connectivity index (χ0) is 9.26. The lowest BCUT2D eigenvalue weighted by atomic mass is 10.2. The van der Waals surface area contributed by atoms with Gasteiger partial charge < -0.3 is 0 Å². The standard InChI is InChI=1S/C10H11BrClN/c11-5-9-7-13(9)6-8-3-1-2-4-10(8)12/h1-4,9H,5-7H2/t9-,13?/m0/s1. The lowest BCUT2D eigenvalue weighted by molar-refractivity contribution is 0.518. The first-order valence-corrected chi connectivity index (χ1v) is 5.84. The number of benzene rings is 1. The fraction of sp³-hybridized carbons (Fsp3) is 0.400. The van der Waals surface area contributed by atoms with Crippen molar-refractivity contribution in [3.63, 3.8) is 0 Å².